The molecule has 0 saturated carbocycles. The van der Waals surface area contributed by atoms with Crippen LogP contribution in [0.4, 0.5) is 5.69 Å². The molecule has 0 bridgehead atoms. The van der Waals surface area contributed by atoms with Gasteiger partial charge in [0.1, 0.15) is 0 Å². The number of carbonyl (C=O) groups is 1. The van der Waals surface area contributed by atoms with Crippen LogP contribution >= 0.6 is 0 Å². The van der Waals surface area contributed by atoms with E-state index in [1.165, 1.54) is 0 Å². The zero-order chi connectivity index (χ0) is 15.5. The SMILES string of the molecule is Cc1cccc(N=Cc2cccc3cccc(C(=O)O)c23)c1. The highest BCUT2D eigenvalue weighted by molar-refractivity contribution is 6.10. The van der Waals surface area contributed by atoms with Crippen LogP contribution in [0.5, 0.6) is 0 Å². The molecule has 0 atom stereocenters. The number of aryl methyl sites for hydroxylation is 1. The van der Waals surface area contributed by atoms with Crippen LogP contribution in [0, 0.1) is 6.92 Å². The number of hydrogen-bond donors (Lipinski definition) is 1. The van der Waals surface area contributed by atoms with Crippen molar-refractivity contribution in [2.75, 3.05) is 0 Å². The van der Waals surface area contributed by atoms with Gasteiger partial charge in [0.25, 0.3) is 0 Å². The molecule has 22 heavy (non-hydrogen) atoms. The van der Waals surface area contributed by atoms with Gasteiger partial charge in [-0.05, 0) is 36.1 Å². The van der Waals surface area contributed by atoms with E-state index in [0.29, 0.717) is 10.9 Å². The Balaban J connectivity index is 2.13. The number of carboxylic acids is 1. The van der Waals surface area contributed by atoms with Crippen LogP contribution < -0.4 is 0 Å². The summed E-state index contributed by atoms with van der Waals surface area (Å²) >= 11 is 0. The van der Waals surface area contributed by atoms with Crippen molar-refractivity contribution < 1.29 is 9.90 Å². The first kappa shape index (κ1) is 14.0. The molecule has 0 spiro atoms. The monoisotopic (exact) mass is 289 g/mol. The van der Waals surface area contributed by atoms with Gasteiger partial charge in [0.2, 0.25) is 0 Å². The highest BCUT2D eigenvalue weighted by Crippen LogP contribution is 2.23. The molecule has 108 valence electrons. The van der Waals surface area contributed by atoms with Gasteiger partial charge in [-0.3, -0.25) is 4.99 Å². The molecule has 0 fully saturated rings. The highest BCUT2D eigenvalue weighted by Gasteiger charge is 2.10. The molecule has 3 rings (SSSR count). The van der Waals surface area contributed by atoms with Crippen LogP contribution in [0.1, 0.15) is 21.5 Å². The number of benzene rings is 3. The molecule has 0 heterocycles. The summed E-state index contributed by atoms with van der Waals surface area (Å²) in [5.74, 6) is -0.929. The number of aliphatic imine (C=N–C) groups is 1. The lowest BCUT2D eigenvalue weighted by Crippen LogP contribution is -1.99. The molecule has 0 aliphatic carbocycles. The number of carboxylic acid groups (broad SMARTS) is 1. The predicted octanol–water partition coefficient (Wildman–Crippen LogP) is 4.60. The standard InChI is InChI=1S/C19H15NO2/c1-13-5-2-9-16(11-13)20-12-15-8-3-6-14-7-4-10-17(18(14)15)19(21)22/h2-12H,1H3,(H,21,22). The number of nitrogens with zero attached hydrogens (tertiary/aromatic N) is 1. The van der Waals surface area contributed by atoms with Crippen LogP contribution in [0.15, 0.2) is 65.7 Å². The molecule has 0 aliphatic rings. The van der Waals surface area contributed by atoms with Gasteiger partial charge in [0, 0.05) is 17.2 Å². The Labute approximate surface area is 128 Å². The molecule has 3 aromatic carbocycles. The van der Waals surface area contributed by atoms with Crippen LogP contribution in [0.2, 0.25) is 0 Å². The zero-order valence-corrected chi connectivity index (χ0v) is 12.2. The average Bonchev–Trinajstić information content (AvgIpc) is 2.52. The van der Waals surface area contributed by atoms with Gasteiger partial charge in [-0.1, -0.05) is 42.5 Å². The maximum absolute atomic E-state index is 11.4. The van der Waals surface area contributed by atoms with Crippen LogP contribution in [-0.4, -0.2) is 17.3 Å². The van der Waals surface area contributed by atoms with Gasteiger partial charge >= 0.3 is 5.97 Å². The minimum atomic E-state index is -0.929. The van der Waals surface area contributed by atoms with E-state index in [4.69, 9.17) is 0 Å². The van der Waals surface area contributed by atoms with E-state index in [9.17, 15) is 9.90 Å². The summed E-state index contributed by atoms with van der Waals surface area (Å²) in [7, 11) is 0. The van der Waals surface area contributed by atoms with E-state index in [-0.39, 0.29) is 0 Å². The fourth-order valence-corrected chi connectivity index (χ4v) is 2.51. The van der Waals surface area contributed by atoms with Gasteiger partial charge in [0.05, 0.1) is 11.3 Å². The molecule has 3 nitrogen and oxygen atoms in total. The van der Waals surface area contributed by atoms with Crippen LogP contribution in [0.25, 0.3) is 10.8 Å². The molecule has 0 radical (unpaired) electrons. The number of aromatic carboxylic acids is 1. The fourth-order valence-electron chi connectivity index (χ4n) is 2.51. The molecule has 0 aromatic heterocycles. The Hall–Kier alpha value is -2.94. The maximum atomic E-state index is 11.4. The van der Waals surface area contributed by atoms with Crippen molar-refractivity contribution in [1.29, 1.82) is 0 Å². The molecular weight excluding hydrogens is 274 g/mol. The molecule has 0 unspecified atom stereocenters. The summed E-state index contributed by atoms with van der Waals surface area (Å²) in [6.07, 6.45) is 1.73. The highest BCUT2D eigenvalue weighted by atomic mass is 16.4. The largest absolute Gasteiger partial charge is 0.478 e. The van der Waals surface area contributed by atoms with Crippen molar-refractivity contribution in [3.63, 3.8) is 0 Å². The summed E-state index contributed by atoms with van der Waals surface area (Å²) in [6.45, 7) is 2.01. The summed E-state index contributed by atoms with van der Waals surface area (Å²) < 4.78 is 0. The molecule has 3 aromatic rings. The van der Waals surface area contributed by atoms with Gasteiger partial charge in [0.15, 0.2) is 0 Å². The van der Waals surface area contributed by atoms with Crippen molar-refractivity contribution in [1.82, 2.24) is 0 Å². The van der Waals surface area contributed by atoms with E-state index in [1.54, 1.807) is 18.3 Å². The van der Waals surface area contributed by atoms with Crippen molar-refractivity contribution in [2.45, 2.75) is 6.92 Å². The van der Waals surface area contributed by atoms with E-state index in [0.717, 1.165) is 22.2 Å². The first-order valence-corrected chi connectivity index (χ1v) is 7.01. The topological polar surface area (TPSA) is 49.7 Å². The smallest absolute Gasteiger partial charge is 0.336 e. The second-order valence-corrected chi connectivity index (χ2v) is 5.15. The minimum absolute atomic E-state index is 0.295. The maximum Gasteiger partial charge on any atom is 0.336 e. The van der Waals surface area contributed by atoms with Gasteiger partial charge in [-0.15, -0.1) is 0 Å². The summed E-state index contributed by atoms with van der Waals surface area (Å²) in [4.78, 5) is 15.9. The summed E-state index contributed by atoms with van der Waals surface area (Å²) in [5, 5.41) is 11.0. The van der Waals surface area contributed by atoms with Gasteiger partial charge < -0.3 is 5.11 Å². The minimum Gasteiger partial charge on any atom is -0.478 e. The number of rotatable bonds is 3. The van der Waals surface area contributed by atoms with E-state index < -0.39 is 5.97 Å². The Morgan fingerprint density at radius 3 is 2.50 bits per heavy atom. The molecule has 0 amide bonds. The lowest BCUT2D eigenvalue weighted by Gasteiger charge is -2.06. The third-order valence-corrected chi connectivity index (χ3v) is 3.52. The van der Waals surface area contributed by atoms with Crippen molar-refractivity contribution in [2.24, 2.45) is 4.99 Å². The lowest BCUT2D eigenvalue weighted by atomic mass is 10.00. The van der Waals surface area contributed by atoms with E-state index >= 15 is 0 Å². The van der Waals surface area contributed by atoms with Crippen LogP contribution in [0.3, 0.4) is 0 Å². The number of fused-ring (bicyclic) bond motifs is 1. The summed E-state index contributed by atoms with van der Waals surface area (Å²) in [5.41, 5.74) is 3.09. The first-order valence-electron chi connectivity index (χ1n) is 7.01. The molecule has 0 aliphatic heterocycles. The third kappa shape index (κ3) is 2.74. The Bertz CT molecular complexity index is 876. The molecule has 1 N–H and O–H groups in total. The molecule has 3 heteroatoms. The van der Waals surface area contributed by atoms with Crippen molar-refractivity contribution >= 4 is 28.6 Å². The number of hydrogen-bond acceptors (Lipinski definition) is 2. The Kier molecular flexibility index (Phi) is 3.71. The second kappa shape index (κ2) is 5.82. The molecule has 0 saturated heterocycles. The van der Waals surface area contributed by atoms with Crippen molar-refractivity contribution in [3.05, 3.63) is 77.4 Å². The van der Waals surface area contributed by atoms with E-state index in [1.807, 2.05) is 55.5 Å². The normalized spacial score (nSPS) is 11.1. The predicted molar refractivity (Wildman–Crippen MR) is 89.3 cm³/mol. The third-order valence-electron chi connectivity index (χ3n) is 3.52. The van der Waals surface area contributed by atoms with Crippen LogP contribution in [-0.2, 0) is 0 Å². The van der Waals surface area contributed by atoms with Crippen molar-refractivity contribution in [3.8, 4) is 0 Å². The lowest BCUT2D eigenvalue weighted by molar-refractivity contribution is 0.0699. The summed E-state index contributed by atoms with van der Waals surface area (Å²) in [6, 6.07) is 18.9. The fraction of sp³-hybridized carbons (Fsp3) is 0.0526. The zero-order valence-electron chi connectivity index (χ0n) is 12.2. The quantitative estimate of drug-likeness (QED) is 0.716. The molecular formula is C19H15NO2. The first-order chi connectivity index (χ1) is 10.6. The van der Waals surface area contributed by atoms with Gasteiger partial charge in [-0.2, -0.15) is 0 Å². The van der Waals surface area contributed by atoms with Gasteiger partial charge in [-0.25, -0.2) is 4.79 Å². The Morgan fingerprint density at radius 2 is 1.77 bits per heavy atom. The van der Waals surface area contributed by atoms with E-state index in [2.05, 4.69) is 4.99 Å². The average molecular weight is 289 g/mol. The second-order valence-electron chi connectivity index (χ2n) is 5.15. The Morgan fingerprint density at radius 1 is 1.05 bits per heavy atom.